The molecule has 0 aliphatic heterocycles. The van der Waals surface area contributed by atoms with E-state index < -0.39 is 0 Å². The molecule has 0 aromatic heterocycles. The molecule has 0 saturated heterocycles. The van der Waals surface area contributed by atoms with Gasteiger partial charge in [-0.05, 0) is 97.5 Å². The van der Waals surface area contributed by atoms with Crippen LogP contribution in [0.5, 0.6) is 0 Å². The van der Waals surface area contributed by atoms with Crippen molar-refractivity contribution in [1.29, 1.82) is 0 Å². The molecule has 206 valence electrons. The third-order valence-electron chi connectivity index (χ3n) is 8.55. The Bertz CT molecular complexity index is 1570. The summed E-state index contributed by atoms with van der Waals surface area (Å²) in [5.74, 6) is 0. The third kappa shape index (κ3) is 5.26. The van der Waals surface area contributed by atoms with Gasteiger partial charge in [0.2, 0.25) is 0 Å². The zero-order chi connectivity index (χ0) is 29.1. The molecule has 1 aliphatic carbocycles. The van der Waals surface area contributed by atoms with Gasteiger partial charge in [0.25, 0.3) is 0 Å². The quantitative estimate of drug-likeness (QED) is 0.152. The standard InChI is InChI=1S/C36H35N3O2/c1-25-6-15-31-32(20-25)36(33-21-26(2)22-34(37-3)35(31)33,16-18-38(4)29-11-7-27(23-40)8-12-29)17-19-39(5)30-13-9-28(24-41)10-14-30/h6-15,20-24H,16-19H2,1-2,4-5H3. The normalized spacial score (nSPS) is 12.7. The Morgan fingerprint density at radius 2 is 1.22 bits per heavy atom. The van der Waals surface area contributed by atoms with Crippen LogP contribution < -0.4 is 9.80 Å². The average molecular weight is 542 g/mol. The first-order valence-corrected chi connectivity index (χ1v) is 14.0. The van der Waals surface area contributed by atoms with E-state index in [4.69, 9.17) is 6.57 Å². The second-order valence-corrected chi connectivity index (χ2v) is 11.2. The topological polar surface area (TPSA) is 45.0 Å². The minimum atomic E-state index is -0.295. The van der Waals surface area contributed by atoms with Gasteiger partial charge in [-0.2, -0.15) is 0 Å². The van der Waals surface area contributed by atoms with Crippen molar-refractivity contribution in [3.63, 3.8) is 0 Å². The van der Waals surface area contributed by atoms with Crippen molar-refractivity contribution in [3.05, 3.63) is 124 Å². The number of benzene rings is 4. The van der Waals surface area contributed by atoms with E-state index in [0.29, 0.717) is 16.8 Å². The van der Waals surface area contributed by atoms with E-state index in [-0.39, 0.29) is 5.41 Å². The van der Waals surface area contributed by atoms with Gasteiger partial charge in [0.05, 0.1) is 6.57 Å². The van der Waals surface area contributed by atoms with Gasteiger partial charge in [-0.25, -0.2) is 4.85 Å². The lowest BCUT2D eigenvalue weighted by atomic mass is 9.72. The molecule has 4 aromatic carbocycles. The Morgan fingerprint density at radius 1 is 0.707 bits per heavy atom. The number of anilines is 2. The molecule has 41 heavy (non-hydrogen) atoms. The summed E-state index contributed by atoms with van der Waals surface area (Å²) >= 11 is 0. The third-order valence-corrected chi connectivity index (χ3v) is 8.55. The number of aryl methyl sites for hydroxylation is 2. The van der Waals surface area contributed by atoms with Crippen molar-refractivity contribution in [1.82, 2.24) is 0 Å². The van der Waals surface area contributed by atoms with Crippen LogP contribution in [-0.2, 0) is 5.41 Å². The van der Waals surface area contributed by atoms with Crippen LogP contribution in [0.3, 0.4) is 0 Å². The Kier molecular flexibility index (Phi) is 7.77. The summed E-state index contributed by atoms with van der Waals surface area (Å²) in [6, 6.07) is 26.4. The highest BCUT2D eigenvalue weighted by Crippen LogP contribution is 2.56. The molecule has 0 amide bonds. The Hall–Kier alpha value is -4.69. The summed E-state index contributed by atoms with van der Waals surface area (Å²) < 4.78 is 0. The minimum absolute atomic E-state index is 0.295. The monoisotopic (exact) mass is 541 g/mol. The van der Waals surface area contributed by atoms with Crippen molar-refractivity contribution in [2.24, 2.45) is 0 Å². The highest BCUT2D eigenvalue weighted by Gasteiger charge is 2.44. The Balaban J connectivity index is 1.57. The van der Waals surface area contributed by atoms with E-state index >= 15 is 0 Å². The first kappa shape index (κ1) is 27.9. The minimum Gasteiger partial charge on any atom is -0.375 e. The second kappa shape index (κ2) is 11.4. The second-order valence-electron chi connectivity index (χ2n) is 11.2. The average Bonchev–Trinajstić information content (AvgIpc) is 3.26. The number of aldehydes is 2. The lowest BCUT2D eigenvalue weighted by molar-refractivity contribution is 0.111. The van der Waals surface area contributed by atoms with E-state index in [1.165, 1.54) is 16.7 Å². The molecular weight excluding hydrogens is 506 g/mol. The van der Waals surface area contributed by atoms with Crippen LogP contribution in [0.15, 0.2) is 78.9 Å². The van der Waals surface area contributed by atoms with Gasteiger partial charge in [0.1, 0.15) is 12.6 Å². The summed E-state index contributed by atoms with van der Waals surface area (Å²) in [4.78, 5) is 30.8. The molecule has 4 aromatic rings. The molecule has 0 spiro atoms. The largest absolute Gasteiger partial charge is 0.375 e. The maximum absolute atomic E-state index is 11.2. The molecule has 0 N–H and O–H groups in total. The summed E-state index contributed by atoms with van der Waals surface area (Å²) in [6.07, 6.45) is 3.46. The van der Waals surface area contributed by atoms with Crippen LogP contribution in [0, 0.1) is 20.4 Å². The van der Waals surface area contributed by atoms with Crippen LogP contribution >= 0.6 is 0 Å². The molecule has 1 aliphatic rings. The van der Waals surface area contributed by atoms with Crippen LogP contribution in [0.1, 0.15) is 55.8 Å². The van der Waals surface area contributed by atoms with Crippen LogP contribution in [0.2, 0.25) is 0 Å². The summed E-state index contributed by atoms with van der Waals surface area (Å²) in [5.41, 5.74) is 10.9. The lowest BCUT2D eigenvalue weighted by Gasteiger charge is -2.36. The van der Waals surface area contributed by atoms with Crippen LogP contribution in [0.25, 0.3) is 16.0 Å². The van der Waals surface area contributed by atoms with Gasteiger partial charge in [0.15, 0.2) is 5.69 Å². The van der Waals surface area contributed by atoms with E-state index in [1.54, 1.807) is 0 Å². The van der Waals surface area contributed by atoms with E-state index in [9.17, 15) is 9.59 Å². The summed E-state index contributed by atoms with van der Waals surface area (Å²) in [6.45, 7) is 13.8. The van der Waals surface area contributed by atoms with Gasteiger partial charge in [0, 0.05) is 55.1 Å². The SMILES string of the molecule is [C-]#[N+]c1cc(C)cc2c1-c1ccc(C)cc1C2(CCN(C)c1ccc(C=O)cc1)CCN(C)c1ccc(C=O)cc1. The van der Waals surface area contributed by atoms with Crippen molar-refractivity contribution >= 4 is 29.6 Å². The maximum Gasteiger partial charge on any atom is 0.195 e. The first-order valence-electron chi connectivity index (χ1n) is 14.0. The van der Waals surface area contributed by atoms with Gasteiger partial charge in [-0.1, -0.05) is 41.5 Å². The molecule has 5 rings (SSSR count). The molecule has 0 unspecified atom stereocenters. The maximum atomic E-state index is 11.2. The first-order chi connectivity index (χ1) is 19.8. The predicted octanol–water partition coefficient (Wildman–Crippen LogP) is 7.80. The number of carbonyl (C=O) groups is 2. The summed E-state index contributed by atoms with van der Waals surface area (Å²) in [5, 5.41) is 0. The Morgan fingerprint density at radius 3 is 1.71 bits per heavy atom. The van der Waals surface area contributed by atoms with E-state index in [1.807, 2.05) is 54.6 Å². The molecule has 5 heteroatoms. The van der Waals surface area contributed by atoms with Crippen molar-refractivity contribution < 1.29 is 9.59 Å². The Labute approximate surface area is 242 Å². The molecule has 0 fully saturated rings. The fraction of sp³-hybridized carbons (Fsp3) is 0.250. The molecule has 0 radical (unpaired) electrons. The fourth-order valence-electron chi connectivity index (χ4n) is 6.19. The molecule has 5 nitrogen and oxygen atoms in total. The van der Waals surface area contributed by atoms with Crippen LogP contribution in [-0.4, -0.2) is 39.8 Å². The van der Waals surface area contributed by atoms with Gasteiger partial charge >= 0.3 is 0 Å². The lowest BCUT2D eigenvalue weighted by Crippen LogP contribution is -2.35. The van der Waals surface area contributed by atoms with Crippen molar-refractivity contribution in [2.45, 2.75) is 32.1 Å². The highest BCUT2D eigenvalue weighted by atomic mass is 16.1. The van der Waals surface area contributed by atoms with Crippen molar-refractivity contribution in [2.75, 3.05) is 37.0 Å². The van der Waals surface area contributed by atoms with E-state index in [2.05, 4.69) is 66.9 Å². The predicted molar refractivity (Wildman–Crippen MR) is 168 cm³/mol. The number of fused-ring (bicyclic) bond motifs is 3. The number of nitrogens with zero attached hydrogens (tertiary/aromatic N) is 3. The van der Waals surface area contributed by atoms with E-state index in [0.717, 1.165) is 66.6 Å². The van der Waals surface area contributed by atoms with Gasteiger partial charge in [-0.3, -0.25) is 9.59 Å². The summed E-state index contributed by atoms with van der Waals surface area (Å²) in [7, 11) is 4.19. The smallest absolute Gasteiger partial charge is 0.195 e. The molecular formula is C36H35N3O2. The molecule has 0 saturated carbocycles. The van der Waals surface area contributed by atoms with Gasteiger partial charge in [-0.15, -0.1) is 0 Å². The molecule has 0 heterocycles. The molecule has 0 bridgehead atoms. The number of hydrogen-bond acceptors (Lipinski definition) is 4. The van der Waals surface area contributed by atoms with Gasteiger partial charge < -0.3 is 9.80 Å². The van der Waals surface area contributed by atoms with Crippen LogP contribution in [0.4, 0.5) is 17.1 Å². The number of carbonyl (C=O) groups excluding carboxylic acids is 2. The zero-order valence-corrected chi connectivity index (χ0v) is 24.1. The number of rotatable bonds is 10. The molecule has 0 atom stereocenters. The highest BCUT2D eigenvalue weighted by molar-refractivity contribution is 5.91. The number of hydrogen-bond donors (Lipinski definition) is 0. The van der Waals surface area contributed by atoms with Crippen molar-refractivity contribution in [3.8, 4) is 11.1 Å². The fourth-order valence-corrected chi connectivity index (χ4v) is 6.19. The zero-order valence-electron chi connectivity index (χ0n) is 24.1.